The highest BCUT2D eigenvalue weighted by molar-refractivity contribution is 7.99. The lowest BCUT2D eigenvalue weighted by molar-refractivity contribution is 0.124. The van der Waals surface area contributed by atoms with Crippen molar-refractivity contribution in [3.05, 3.63) is 0 Å². The molecule has 0 aromatic heterocycles. The van der Waals surface area contributed by atoms with Crippen molar-refractivity contribution in [3.63, 3.8) is 0 Å². The van der Waals surface area contributed by atoms with E-state index < -0.39 is 0 Å². The quantitative estimate of drug-likeness (QED) is 0.699. The molecule has 1 saturated carbocycles. The molecule has 94 valence electrons. The lowest BCUT2D eigenvalue weighted by Gasteiger charge is -2.41. The smallest absolute Gasteiger partial charge is 0.0170 e. The molecule has 0 radical (unpaired) electrons. The van der Waals surface area contributed by atoms with Gasteiger partial charge >= 0.3 is 0 Å². The minimum absolute atomic E-state index is 0.675. The average Bonchev–Trinajstić information content (AvgIpc) is 2.29. The second-order valence-corrected chi connectivity index (χ2v) is 6.55. The largest absolute Gasteiger partial charge is 0.316 e. The molecule has 3 heteroatoms. The summed E-state index contributed by atoms with van der Waals surface area (Å²) in [5, 5.41) is 7.27. The molecule has 16 heavy (non-hydrogen) atoms. The van der Waals surface area contributed by atoms with Crippen molar-refractivity contribution in [1.29, 1.82) is 0 Å². The predicted molar refractivity (Wildman–Crippen MR) is 73.2 cm³/mol. The van der Waals surface area contributed by atoms with Crippen molar-refractivity contribution in [2.75, 3.05) is 31.1 Å². The van der Waals surface area contributed by atoms with Gasteiger partial charge in [-0.1, -0.05) is 13.3 Å². The second kappa shape index (κ2) is 6.27. The maximum absolute atomic E-state index is 3.68. The van der Waals surface area contributed by atoms with Crippen LogP contribution in [-0.4, -0.2) is 37.2 Å². The Morgan fingerprint density at radius 3 is 2.88 bits per heavy atom. The average molecular weight is 242 g/mol. The van der Waals surface area contributed by atoms with Crippen molar-refractivity contribution in [2.24, 2.45) is 5.41 Å². The highest BCUT2D eigenvalue weighted by Gasteiger charge is 2.34. The van der Waals surface area contributed by atoms with E-state index in [1.807, 2.05) is 0 Å². The molecular formula is C13H26N2S. The van der Waals surface area contributed by atoms with Crippen molar-refractivity contribution < 1.29 is 0 Å². The number of hydrogen-bond acceptors (Lipinski definition) is 3. The van der Waals surface area contributed by atoms with E-state index in [4.69, 9.17) is 0 Å². The summed E-state index contributed by atoms with van der Waals surface area (Å²) < 4.78 is 0. The normalized spacial score (nSPS) is 28.7. The van der Waals surface area contributed by atoms with Gasteiger partial charge in [0.15, 0.2) is 0 Å². The lowest BCUT2D eigenvalue weighted by atomic mass is 9.67. The lowest BCUT2D eigenvalue weighted by Crippen LogP contribution is -2.42. The van der Waals surface area contributed by atoms with E-state index in [2.05, 4.69) is 29.3 Å². The number of hydrogen-bond donors (Lipinski definition) is 2. The Balaban J connectivity index is 1.54. The zero-order valence-corrected chi connectivity index (χ0v) is 11.4. The summed E-state index contributed by atoms with van der Waals surface area (Å²) in [5.41, 5.74) is 0.675. The molecule has 0 amide bonds. The monoisotopic (exact) mass is 242 g/mol. The maximum atomic E-state index is 3.68. The highest BCUT2D eigenvalue weighted by Crippen LogP contribution is 2.42. The predicted octanol–water partition coefficient (Wildman–Crippen LogP) is 2.25. The van der Waals surface area contributed by atoms with Crippen LogP contribution < -0.4 is 10.6 Å². The summed E-state index contributed by atoms with van der Waals surface area (Å²) in [4.78, 5) is 0. The van der Waals surface area contributed by atoms with E-state index in [9.17, 15) is 0 Å². The molecule has 1 heterocycles. The summed E-state index contributed by atoms with van der Waals surface area (Å²) in [7, 11) is 0. The minimum atomic E-state index is 0.675. The van der Waals surface area contributed by atoms with Crippen LogP contribution in [0.3, 0.4) is 0 Å². The van der Waals surface area contributed by atoms with Crippen LogP contribution in [0.1, 0.15) is 39.0 Å². The first-order valence-corrected chi connectivity index (χ1v) is 8.02. The zero-order chi connectivity index (χ0) is 11.3. The molecule has 1 atom stereocenters. The zero-order valence-electron chi connectivity index (χ0n) is 10.6. The molecule has 2 nitrogen and oxygen atoms in total. The molecule has 1 aliphatic heterocycles. The van der Waals surface area contributed by atoms with E-state index in [-0.39, 0.29) is 0 Å². The molecule has 1 unspecified atom stereocenters. The fraction of sp³-hybridized carbons (Fsp3) is 1.00. The maximum Gasteiger partial charge on any atom is 0.0170 e. The topological polar surface area (TPSA) is 24.1 Å². The molecule has 2 N–H and O–H groups in total. The first kappa shape index (κ1) is 12.7. The van der Waals surface area contributed by atoms with Gasteiger partial charge in [0.05, 0.1) is 0 Å². The van der Waals surface area contributed by atoms with Crippen LogP contribution in [0, 0.1) is 5.41 Å². The summed E-state index contributed by atoms with van der Waals surface area (Å²) in [6, 6.07) is 0.755. The van der Waals surface area contributed by atoms with Crippen LogP contribution in [0.4, 0.5) is 0 Å². The summed E-state index contributed by atoms with van der Waals surface area (Å²) in [5.74, 6) is 2.60. The third-order valence-corrected chi connectivity index (χ3v) is 5.46. The van der Waals surface area contributed by atoms with Gasteiger partial charge in [-0.05, 0) is 37.6 Å². The Bertz CT molecular complexity index is 193. The number of nitrogens with one attached hydrogen (secondary N) is 2. The Labute approximate surface area is 104 Å². The van der Waals surface area contributed by atoms with Crippen molar-refractivity contribution in [1.82, 2.24) is 10.6 Å². The van der Waals surface area contributed by atoms with E-state index in [1.165, 1.54) is 63.2 Å². The third kappa shape index (κ3) is 3.38. The van der Waals surface area contributed by atoms with Crippen LogP contribution in [-0.2, 0) is 0 Å². The molecular weight excluding hydrogens is 216 g/mol. The van der Waals surface area contributed by atoms with Gasteiger partial charge in [0.1, 0.15) is 0 Å². The Morgan fingerprint density at radius 2 is 2.31 bits per heavy atom. The molecule has 0 aromatic carbocycles. The van der Waals surface area contributed by atoms with Crippen LogP contribution >= 0.6 is 11.8 Å². The second-order valence-electron chi connectivity index (χ2n) is 5.40. The number of thioether (sulfide) groups is 1. The standard InChI is InChI=1S/C13H26N2S/c1-2-13(5-3-6-13)11-14-7-4-12-10-16-9-8-15-12/h12,14-15H,2-11H2,1H3. The van der Waals surface area contributed by atoms with Gasteiger partial charge in [0.2, 0.25) is 0 Å². The summed E-state index contributed by atoms with van der Waals surface area (Å²) in [6.45, 7) is 6.00. The minimum Gasteiger partial charge on any atom is -0.316 e. The molecule has 0 spiro atoms. The van der Waals surface area contributed by atoms with Crippen LogP contribution in [0.2, 0.25) is 0 Å². The fourth-order valence-electron chi connectivity index (χ4n) is 2.77. The van der Waals surface area contributed by atoms with Gasteiger partial charge in [-0.3, -0.25) is 0 Å². The van der Waals surface area contributed by atoms with Gasteiger partial charge < -0.3 is 10.6 Å². The summed E-state index contributed by atoms with van der Waals surface area (Å²) in [6.07, 6.45) is 7.02. The van der Waals surface area contributed by atoms with E-state index in [0.29, 0.717) is 5.41 Å². The van der Waals surface area contributed by atoms with Crippen molar-refractivity contribution >= 4 is 11.8 Å². The van der Waals surface area contributed by atoms with E-state index in [1.54, 1.807) is 0 Å². The first-order chi connectivity index (χ1) is 7.85. The molecule has 0 aromatic rings. The van der Waals surface area contributed by atoms with Crippen molar-refractivity contribution in [2.45, 2.75) is 45.1 Å². The van der Waals surface area contributed by atoms with Gasteiger partial charge in [-0.2, -0.15) is 11.8 Å². The van der Waals surface area contributed by atoms with Gasteiger partial charge in [-0.15, -0.1) is 0 Å². The van der Waals surface area contributed by atoms with Crippen molar-refractivity contribution in [3.8, 4) is 0 Å². The first-order valence-electron chi connectivity index (χ1n) is 6.86. The van der Waals surface area contributed by atoms with Crippen LogP contribution in [0.15, 0.2) is 0 Å². The van der Waals surface area contributed by atoms with Crippen LogP contribution in [0.5, 0.6) is 0 Å². The van der Waals surface area contributed by atoms with E-state index >= 15 is 0 Å². The van der Waals surface area contributed by atoms with Crippen LogP contribution in [0.25, 0.3) is 0 Å². The molecule has 0 bridgehead atoms. The summed E-state index contributed by atoms with van der Waals surface area (Å²) >= 11 is 2.10. The molecule has 2 rings (SSSR count). The Kier molecular flexibility index (Phi) is 4.98. The fourth-order valence-corrected chi connectivity index (χ4v) is 3.76. The van der Waals surface area contributed by atoms with Gasteiger partial charge in [0.25, 0.3) is 0 Å². The molecule has 2 aliphatic rings. The number of rotatable bonds is 6. The Morgan fingerprint density at radius 1 is 1.44 bits per heavy atom. The third-order valence-electron chi connectivity index (χ3n) is 4.33. The molecule has 1 aliphatic carbocycles. The molecule has 2 fully saturated rings. The van der Waals surface area contributed by atoms with Gasteiger partial charge in [-0.25, -0.2) is 0 Å². The Hall–Kier alpha value is 0.270. The van der Waals surface area contributed by atoms with Gasteiger partial charge in [0, 0.05) is 30.6 Å². The SMILES string of the molecule is CCC1(CNCCC2CSCCN2)CCC1. The highest BCUT2D eigenvalue weighted by atomic mass is 32.2. The molecule has 1 saturated heterocycles. The van der Waals surface area contributed by atoms with E-state index in [0.717, 1.165) is 6.04 Å².